The predicted molar refractivity (Wildman–Crippen MR) is 162 cm³/mol. The molecule has 1 aromatic carbocycles. The molecule has 0 saturated carbocycles. The van der Waals surface area contributed by atoms with Gasteiger partial charge in [-0.3, -0.25) is 4.79 Å². The third kappa shape index (κ3) is 5.58. The van der Waals surface area contributed by atoms with Gasteiger partial charge < -0.3 is 24.6 Å². The Hall–Kier alpha value is -3.97. The fourth-order valence-corrected chi connectivity index (χ4v) is 6.09. The number of anilines is 3. The summed E-state index contributed by atoms with van der Waals surface area (Å²) < 4.78 is 14.5. The van der Waals surface area contributed by atoms with Crippen LogP contribution in [-0.4, -0.2) is 73.8 Å². The average molecular weight is 593 g/mol. The number of aromatic nitrogens is 5. The molecule has 1 fully saturated rings. The number of thiazole rings is 1. The summed E-state index contributed by atoms with van der Waals surface area (Å²) in [7, 11) is 0. The van der Waals surface area contributed by atoms with E-state index in [1.165, 1.54) is 5.56 Å². The maximum atomic E-state index is 13.4. The van der Waals surface area contributed by atoms with Crippen LogP contribution in [-0.2, 0) is 22.4 Å². The summed E-state index contributed by atoms with van der Waals surface area (Å²) in [5, 5.41) is 6.57. The summed E-state index contributed by atoms with van der Waals surface area (Å²) in [6.45, 7) is 13.5. The lowest BCUT2D eigenvalue weighted by molar-refractivity contribution is 0.0224. The first-order valence-corrected chi connectivity index (χ1v) is 15.1. The van der Waals surface area contributed by atoms with Crippen molar-refractivity contribution in [2.45, 2.75) is 59.2 Å². The van der Waals surface area contributed by atoms with Crippen molar-refractivity contribution in [1.29, 1.82) is 0 Å². The molecule has 1 saturated heterocycles. The summed E-state index contributed by atoms with van der Waals surface area (Å²) >= 11 is 1.54. The van der Waals surface area contributed by atoms with Crippen molar-refractivity contribution >= 4 is 45.2 Å². The van der Waals surface area contributed by atoms with Crippen molar-refractivity contribution in [1.82, 2.24) is 29.2 Å². The lowest BCUT2D eigenvalue weighted by atomic mass is 9.99. The standard InChI is InChI=1S/C29H36N8O4S/c1-18(2)36-25(38)22-15-30-26(33-24(22)37(36)23-17-42-27(32-23)34-10-12-40-13-11-34)31-21-7-6-19-8-9-35(16-20(19)14-21)28(39)41-29(3,4)5/h6-7,14-15,17-18H,8-13,16H2,1-5H3,(H,30,31,33). The van der Waals surface area contributed by atoms with Crippen LogP contribution in [0.25, 0.3) is 16.9 Å². The van der Waals surface area contributed by atoms with E-state index in [9.17, 15) is 9.59 Å². The van der Waals surface area contributed by atoms with Crippen LogP contribution in [0.5, 0.6) is 0 Å². The van der Waals surface area contributed by atoms with Gasteiger partial charge in [0.05, 0.1) is 13.2 Å². The first kappa shape index (κ1) is 28.2. The zero-order chi connectivity index (χ0) is 29.6. The molecule has 222 valence electrons. The zero-order valence-corrected chi connectivity index (χ0v) is 25.4. The van der Waals surface area contributed by atoms with E-state index in [0.29, 0.717) is 49.1 Å². The fourth-order valence-electron chi connectivity index (χ4n) is 5.25. The number of hydrogen-bond acceptors (Lipinski definition) is 10. The van der Waals surface area contributed by atoms with Crippen LogP contribution >= 0.6 is 11.3 Å². The second kappa shape index (κ2) is 11.0. The Morgan fingerprint density at radius 2 is 1.90 bits per heavy atom. The largest absolute Gasteiger partial charge is 0.444 e. The van der Waals surface area contributed by atoms with Gasteiger partial charge in [0.25, 0.3) is 5.56 Å². The minimum Gasteiger partial charge on any atom is -0.444 e. The zero-order valence-electron chi connectivity index (χ0n) is 24.6. The summed E-state index contributed by atoms with van der Waals surface area (Å²) in [5.41, 5.74) is 2.80. The van der Waals surface area contributed by atoms with Crippen LogP contribution in [0.4, 0.5) is 21.6 Å². The Balaban J connectivity index is 1.30. The van der Waals surface area contributed by atoms with Crippen LogP contribution in [0.2, 0.25) is 0 Å². The van der Waals surface area contributed by atoms with Crippen molar-refractivity contribution < 1.29 is 14.3 Å². The van der Waals surface area contributed by atoms with Gasteiger partial charge in [-0.1, -0.05) is 6.07 Å². The monoisotopic (exact) mass is 592 g/mol. The molecule has 42 heavy (non-hydrogen) atoms. The summed E-state index contributed by atoms with van der Waals surface area (Å²) in [6.07, 6.45) is 2.01. The van der Waals surface area contributed by atoms with E-state index in [2.05, 4.69) is 21.3 Å². The molecule has 3 aromatic heterocycles. The highest BCUT2D eigenvalue weighted by Gasteiger charge is 2.26. The van der Waals surface area contributed by atoms with Gasteiger partial charge in [-0.2, -0.15) is 4.98 Å². The molecule has 13 heteroatoms. The molecule has 6 rings (SSSR count). The molecule has 5 heterocycles. The van der Waals surface area contributed by atoms with Gasteiger partial charge in [-0.25, -0.2) is 24.1 Å². The molecule has 12 nitrogen and oxygen atoms in total. The van der Waals surface area contributed by atoms with Gasteiger partial charge >= 0.3 is 6.09 Å². The molecule has 0 bridgehead atoms. The van der Waals surface area contributed by atoms with E-state index in [1.807, 2.05) is 52.1 Å². The van der Waals surface area contributed by atoms with Crippen LogP contribution < -0.4 is 15.8 Å². The first-order valence-electron chi connectivity index (χ1n) is 14.2. The molecule has 1 amide bonds. The molecule has 1 N–H and O–H groups in total. The van der Waals surface area contributed by atoms with Gasteiger partial charge in [-0.05, 0) is 64.3 Å². The molecular weight excluding hydrogens is 556 g/mol. The third-order valence-electron chi connectivity index (χ3n) is 7.22. The fraction of sp³-hybridized carbons (Fsp3) is 0.483. The number of ether oxygens (including phenoxy) is 2. The van der Waals surface area contributed by atoms with Crippen molar-refractivity contribution in [3.8, 4) is 5.82 Å². The predicted octanol–water partition coefficient (Wildman–Crippen LogP) is 4.49. The Labute approximate surface area is 247 Å². The number of hydrogen-bond donors (Lipinski definition) is 1. The van der Waals surface area contributed by atoms with Crippen molar-refractivity contribution in [2.24, 2.45) is 0 Å². The van der Waals surface area contributed by atoms with E-state index in [4.69, 9.17) is 19.4 Å². The number of carbonyl (C=O) groups is 1. The average Bonchev–Trinajstić information content (AvgIpc) is 3.55. The first-order chi connectivity index (χ1) is 20.1. The second-order valence-electron chi connectivity index (χ2n) is 11.8. The Morgan fingerprint density at radius 1 is 1.12 bits per heavy atom. The van der Waals surface area contributed by atoms with Gasteiger partial charge in [0.1, 0.15) is 11.0 Å². The highest BCUT2D eigenvalue weighted by molar-refractivity contribution is 7.14. The number of rotatable bonds is 5. The Morgan fingerprint density at radius 3 is 2.64 bits per heavy atom. The number of benzene rings is 1. The molecule has 2 aliphatic rings. The number of amides is 1. The quantitative estimate of drug-likeness (QED) is 0.357. The van der Waals surface area contributed by atoms with E-state index < -0.39 is 5.60 Å². The minimum absolute atomic E-state index is 0.120. The van der Waals surface area contributed by atoms with E-state index in [0.717, 1.165) is 35.9 Å². The molecule has 0 aliphatic carbocycles. The number of fused-ring (bicyclic) bond motifs is 2. The molecule has 0 radical (unpaired) electrons. The highest BCUT2D eigenvalue weighted by Crippen LogP contribution is 2.28. The summed E-state index contributed by atoms with van der Waals surface area (Å²) in [4.78, 5) is 44.2. The van der Waals surface area contributed by atoms with Gasteiger partial charge in [0.2, 0.25) is 5.95 Å². The maximum Gasteiger partial charge on any atom is 0.410 e. The molecule has 0 unspecified atom stereocenters. The number of morpholine rings is 1. The SMILES string of the molecule is CC(C)n1c(=O)c2cnc(Nc3ccc4c(c3)CN(C(=O)OC(C)(C)C)CC4)nc2n1-c1csc(N2CCOCC2)n1. The third-order valence-corrected chi connectivity index (χ3v) is 8.11. The molecular formula is C29H36N8O4S. The van der Waals surface area contributed by atoms with Crippen LogP contribution in [0.1, 0.15) is 51.8 Å². The highest BCUT2D eigenvalue weighted by atomic mass is 32.1. The molecule has 0 atom stereocenters. The van der Waals surface area contributed by atoms with Crippen LogP contribution in [0, 0.1) is 0 Å². The summed E-state index contributed by atoms with van der Waals surface area (Å²) in [5.74, 6) is 1.00. The van der Waals surface area contributed by atoms with Crippen molar-refractivity contribution in [2.75, 3.05) is 43.1 Å². The van der Waals surface area contributed by atoms with Crippen molar-refractivity contribution in [3.05, 3.63) is 51.3 Å². The number of carbonyl (C=O) groups excluding carboxylic acids is 1. The van der Waals surface area contributed by atoms with E-state index in [1.54, 1.807) is 31.8 Å². The Bertz CT molecular complexity index is 1680. The smallest absolute Gasteiger partial charge is 0.410 e. The lowest BCUT2D eigenvalue weighted by Crippen LogP contribution is -2.39. The van der Waals surface area contributed by atoms with Gasteiger partial charge in [-0.15, -0.1) is 11.3 Å². The summed E-state index contributed by atoms with van der Waals surface area (Å²) in [6, 6.07) is 5.94. The maximum absolute atomic E-state index is 13.4. The minimum atomic E-state index is -0.547. The lowest BCUT2D eigenvalue weighted by Gasteiger charge is -2.31. The molecule has 4 aromatic rings. The van der Waals surface area contributed by atoms with Crippen LogP contribution in [0.3, 0.4) is 0 Å². The molecule has 2 aliphatic heterocycles. The van der Waals surface area contributed by atoms with Crippen LogP contribution in [0.15, 0.2) is 34.6 Å². The van der Waals surface area contributed by atoms with Gasteiger partial charge in [0.15, 0.2) is 16.6 Å². The molecule has 0 spiro atoms. The second-order valence-corrected chi connectivity index (χ2v) is 12.7. The van der Waals surface area contributed by atoms with E-state index in [-0.39, 0.29) is 17.7 Å². The van der Waals surface area contributed by atoms with Crippen molar-refractivity contribution in [3.63, 3.8) is 0 Å². The number of nitrogens with zero attached hydrogens (tertiary/aromatic N) is 7. The van der Waals surface area contributed by atoms with Gasteiger partial charge in [0, 0.05) is 49.5 Å². The number of nitrogens with one attached hydrogen (secondary N) is 1. The normalized spacial score (nSPS) is 15.8. The topological polar surface area (TPSA) is 120 Å². The Kier molecular flexibility index (Phi) is 7.39. The van der Waals surface area contributed by atoms with E-state index >= 15 is 0 Å².